The summed E-state index contributed by atoms with van der Waals surface area (Å²) < 4.78 is 19.1. The van der Waals surface area contributed by atoms with E-state index in [-0.39, 0.29) is 28.9 Å². The molecule has 0 spiro atoms. The Kier molecular flexibility index (Phi) is 56.2. The Morgan fingerprint density at radius 1 is 0.714 bits per heavy atom. The van der Waals surface area contributed by atoms with Crippen LogP contribution in [-0.2, 0) is 50.5 Å². The van der Waals surface area contributed by atoms with Gasteiger partial charge in [0.2, 0.25) is 0 Å². The van der Waals surface area contributed by atoms with Gasteiger partial charge in [0.1, 0.15) is 0 Å². The van der Waals surface area contributed by atoms with Crippen molar-refractivity contribution in [3.05, 3.63) is 0 Å². The molecule has 0 aromatic heterocycles. The predicted octanol–water partition coefficient (Wildman–Crippen LogP) is 3.37. The molecule has 0 radical (unpaired) electrons. The van der Waals surface area contributed by atoms with Crippen molar-refractivity contribution >= 4 is 74.8 Å². The van der Waals surface area contributed by atoms with Crippen LogP contribution in [0.3, 0.4) is 0 Å². The standard InChI is InChI=1S/2C2H6OS.4BrH.2Pt/c2*1-4(2)3;;;;;;/h2*1-2H3;4*1H;;/q;;;;;;2*+2/p-4. The number of hydrogen-bond donors (Lipinski definition) is 0. The van der Waals surface area contributed by atoms with Crippen molar-refractivity contribution in [2.24, 2.45) is 0 Å². The molecular weight excluding hydrogens is 854 g/mol. The molecule has 0 bridgehead atoms. The van der Waals surface area contributed by atoms with Crippen LogP contribution in [0.15, 0.2) is 0 Å². The van der Waals surface area contributed by atoms with Crippen LogP contribution in [0.2, 0.25) is 0 Å². The van der Waals surface area contributed by atoms with Gasteiger partial charge in [0, 0.05) is 46.6 Å². The topological polar surface area (TPSA) is 34.1 Å². The van der Waals surface area contributed by atoms with Gasteiger partial charge >= 0.3 is 82.1 Å². The third-order valence-corrected chi connectivity index (χ3v) is 0. The molecule has 0 aliphatic heterocycles. The minimum absolute atomic E-state index is 0.208. The zero-order valence-corrected chi connectivity index (χ0v) is 20.3. The van der Waals surface area contributed by atoms with Gasteiger partial charge in [-0.2, -0.15) is 0 Å². The predicted molar refractivity (Wildman–Crippen MR) is 75.7 cm³/mol. The van der Waals surface area contributed by atoms with Crippen LogP contribution in [0.4, 0.5) is 0 Å². The molecule has 0 atom stereocenters. The van der Waals surface area contributed by atoms with E-state index in [1.807, 2.05) is 0 Å². The van der Waals surface area contributed by atoms with Crippen LogP contribution >= 0.6 is 53.2 Å². The Morgan fingerprint density at radius 3 is 0.714 bits per heavy atom. The normalized spacial score (nSPS) is 8.14. The summed E-state index contributed by atoms with van der Waals surface area (Å²) in [5.74, 6) is 0. The summed E-state index contributed by atoms with van der Waals surface area (Å²) in [7, 11) is -1.22. The van der Waals surface area contributed by atoms with Gasteiger partial charge in [-0.05, 0) is 0 Å². The molecule has 0 aromatic rings. The number of hydrogen-bond acceptors (Lipinski definition) is 2. The Bertz CT molecular complexity index is 108. The third kappa shape index (κ3) is 257. The van der Waals surface area contributed by atoms with Gasteiger partial charge in [0.05, 0.1) is 0 Å². The van der Waals surface area contributed by atoms with Crippen molar-refractivity contribution in [2.75, 3.05) is 25.0 Å². The molecule has 0 aliphatic carbocycles. The van der Waals surface area contributed by atoms with Gasteiger partial charge in [-0.15, -0.1) is 0 Å². The van der Waals surface area contributed by atoms with E-state index in [1.54, 1.807) is 25.0 Å². The Balaban J connectivity index is -0.0000000482. The first-order valence-corrected chi connectivity index (χ1v) is 26.2. The average Bonchev–Trinajstić information content (AvgIpc) is 1.85. The number of halogens is 4. The van der Waals surface area contributed by atoms with E-state index in [4.69, 9.17) is 0 Å². The summed E-state index contributed by atoms with van der Waals surface area (Å²) in [5.41, 5.74) is 0. The summed E-state index contributed by atoms with van der Waals surface area (Å²) >= 11 is 13.1. The van der Waals surface area contributed by atoms with E-state index in [1.165, 1.54) is 0 Å². The third-order valence-electron chi connectivity index (χ3n) is 0. The van der Waals surface area contributed by atoms with Gasteiger partial charge in [-0.3, -0.25) is 8.42 Å². The van der Waals surface area contributed by atoms with E-state index < -0.39 is 21.6 Å². The van der Waals surface area contributed by atoms with E-state index in [0.29, 0.717) is 0 Å². The second kappa shape index (κ2) is 30.0. The minimum atomic E-state index is -0.611. The second-order valence-corrected chi connectivity index (χ2v) is 24.4. The van der Waals surface area contributed by atoms with Crippen LogP contribution < -0.4 is 0 Å². The van der Waals surface area contributed by atoms with Crippen molar-refractivity contribution < 1.29 is 37.3 Å². The van der Waals surface area contributed by atoms with E-state index >= 15 is 0 Å². The maximum absolute atomic E-state index is 9.56. The van der Waals surface area contributed by atoms with Crippen molar-refractivity contribution in [2.45, 2.75) is 0 Å². The molecule has 0 aliphatic rings. The van der Waals surface area contributed by atoms with Crippen LogP contribution in [0.5, 0.6) is 0 Å². The quantitative estimate of drug-likeness (QED) is 0.375. The van der Waals surface area contributed by atoms with Crippen molar-refractivity contribution in [1.29, 1.82) is 0 Å². The van der Waals surface area contributed by atoms with Gasteiger partial charge < -0.3 is 0 Å². The molecule has 14 heavy (non-hydrogen) atoms. The van der Waals surface area contributed by atoms with Gasteiger partial charge in [0.25, 0.3) is 0 Å². The fourth-order valence-corrected chi connectivity index (χ4v) is 0. The summed E-state index contributed by atoms with van der Waals surface area (Å²) in [6.07, 6.45) is 6.56. The maximum atomic E-state index is 9.56. The van der Waals surface area contributed by atoms with Crippen molar-refractivity contribution in [3.8, 4) is 0 Å². The average molecular weight is 866 g/mol. The molecule has 10 heteroatoms. The molecule has 0 unspecified atom stereocenters. The molecule has 0 heterocycles. The first-order chi connectivity index (χ1) is 6.29. The summed E-state index contributed by atoms with van der Waals surface area (Å²) in [6, 6.07) is 0. The van der Waals surface area contributed by atoms with E-state index in [9.17, 15) is 8.42 Å². The first kappa shape index (κ1) is 26.2. The van der Waals surface area contributed by atoms with E-state index in [0.717, 1.165) is 0 Å². The van der Waals surface area contributed by atoms with Crippen molar-refractivity contribution in [1.82, 2.24) is 0 Å². The molecule has 100 valence electrons. The van der Waals surface area contributed by atoms with Crippen molar-refractivity contribution in [3.63, 3.8) is 0 Å². The fraction of sp³-hybridized carbons (Fsp3) is 1.00. The van der Waals surface area contributed by atoms with Gasteiger partial charge in [-0.25, -0.2) is 0 Å². The molecule has 2 nitrogen and oxygen atoms in total. The number of rotatable bonds is 0. The SMILES string of the molecule is CS(C)=O.CS(C)=O.[Br][Pt][Br].[Br][Pt][Br]. The molecule has 0 saturated carbocycles. The monoisotopic (exact) mass is 862 g/mol. The zero-order valence-electron chi connectivity index (χ0n) is 7.78. The molecule has 0 N–H and O–H groups in total. The van der Waals surface area contributed by atoms with Gasteiger partial charge in [-0.1, -0.05) is 0 Å². The van der Waals surface area contributed by atoms with Crippen LogP contribution in [-0.4, -0.2) is 33.4 Å². The van der Waals surface area contributed by atoms with Crippen LogP contribution in [0.25, 0.3) is 0 Å². The summed E-state index contributed by atoms with van der Waals surface area (Å²) in [5, 5.41) is 0. The van der Waals surface area contributed by atoms with Crippen LogP contribution in [0, 0.1) is 0 Å². The zero-order chi connectivity index (χ0) is 12.6. The van der Waals surface area contributed by atoms with Gasteiger partial charge in [0.15, 0.2) is 0 Å². The molecular formula is C4H12Br4O2Pt2S2. The molecule has 0 amide bonds. The van der Waals surface area contributed by atoms with E-state index in [2.05, 4.69) is 53.2 Å². The molecule has 0 fully saturated rings. The Morgan fingerprint density at radius 2 is 0.714 bits per heavy atom. The molecule has 0 saturated heterocycles. The molecule has 0 aromatic carbocycles. The summed E-state index contributed by atoms with van der Waals surface area (Å²) in [6.45, 7) is 0. The first-order valence-electron chi connectivity index (χ1n) is 2.44. The Hall–Kier alpha value is 3.60. The second-order valence-electron chi connectivity index (χ2n) is 1.57. The Labute approximate surface area is 134 Å². The van der Waals surface area contributed by atoms with Crippen LogP contribution in [0.1, 0.15) is 0 Å². The summed E-state index contributed by atoms with van der Waals surface area (Å²) in [4.78, 5) is 0. The fourth-order valence-electron chi connectivity index (χ4n) is 0. The molecule has 0 rings (SSSR count).